The van der Waals surface area contributed by atoms with Crippen LogP contribution in [0, 0.1) is 5.92 Å². The maximum atomic E-state index is 12.3. The fourth-order valence-electron chi connectivity index (χ4n) is 3.67. The molecule has 4 nitrogen and oxygen atoms in total. The van der Waals surface area contributed by atoms with E-state index in [2.05, 4.69) is 69.7 Å². The number of rotatable bonds is 7. The van der Waals surface area contributed by atoms with Crippen molar-refractivity contribution >= 4 is 11.6 Å². The van der Waals surface area contributed by atoms with Crippen LogP contribution < -0.4 is 10.2 Å². The largest absolute Gasteiger partial charge is 0.378 e. The number of carbonyl (C=O) groups is 1. The van der Waals surface area contributed by atoms with Crippen LogP contribution in [0.4, 0.5) is 5.69 Å². The van der Waals surface area contributed by atoms with Crippen molar-refractivity contribution in [3.05, 3.63) is 65.7 Å². The molecule has 144 valence electrons. The van der Waals surface area contributed by atoms with Crippen molar-refractivity contribution in [3.8, 4) is 0 Å². The average molecular weight is 366 g/mol. The van der Waals surface area contributed by atoms with Crippen LogP contribution in [-0.2, 0) is 17.8 Å². The van der Waals surface area contributed by atoms with E-state index >= 15 is 0 Å². The third-order valence-corrected chi connectivity index (χ3v) is 5.38. The van der Waals surface area contributed by atoms with Gasteiger partial charge in [0.1, 0.15) is 0 Å². The Morgan fingerprint density at radius 3 is 2.30 bits per heavy atom. The number of amides is 1. The van der Waals surface area contributed by atoms with Crippen LogP contribution in [0.5, 0.6) is 0 Å². The molecule has 2 aromatic rings. The van der Waals surface area contributed by atoms with Gasteiger partial charge in [0.2, 0.25) is 5.91 Å². The van der Waals surface area contributed by atoms with Gasteiger partial charge in [0.25, 0.3) is 0 Å². The van der Waals surface area contributed by atoms with E-state index in [9.17, 15) is 4.79 Å². The number of nitrogens with one attached hydrogen (secondary N) is 1. The van der Waals surface area contributed by atoms with E-state index < -0.39 is 0 Å². The maximum Gasteiger partial charge on any atom is 0.234 e. The highest BCUT2D eigenvalue weighted by atomic mass is 16.2. The normalized spacial score (nSPS) is 15.5. The molecule has 0 atom stereocenters. The molecule has 0 spiro atoms. The number of hydrogen-bond acceptors (Lipinski definition) is 3. The van der Waals surface area contributed by atoms with E-state index in [1.165, 1.54) is 24.1 Å². The molecule has 1 fully saturated rings. The molecule has 0 radical (unpaired) electrons. The lowest BCUT2D eigenvalue weighted by Gasteiger charge is -2.31. The van der Waals surface area contributed by atoms with Gasteiger partial charge in [-0.3, -0.25) is 9.69 Å². The zero-order chi connectivity index (χ0) is 19.1. The van der Waals surface area contributed by atoms with Crippen LogP contribution in [0.1, 0.15) is 24.0 Å². The molecule has 0 aromatic heterocycles. The molecule has 0 bridgehead atoms. The number of piperidine rings is 1. The lowest BCUT2D eigenvalue weighted by Crippen LogP contribution is -2.41. The molecular formula is C23H31N3O. The molecule has 1 amide bonds. The van der Waals surface area contributed by atoms with Gasteiger partial charge in [-0.05, 0) is 61.5 Å². The van der Waals surface area contributed by atoms with Crippen LogP contribution in [0.3, 0.4) is 0 Å². The summed E-state index contributed by atoms with van der Waals surface area (Å²) in [5.41, 5.74) is 3.73. The van der Waals surface area contributed by atoms with Gasteiger partial charge in [0.05, 0.1) is 6.54 Å². The Morgan fingerprint density at radius 1 is 1.00 bits per heavy atom. The van der Waals surface area contributed by atoms with Crippen LogP contribution in [0.15, 0.2) is 54.6 Å². The van der Waals surface area contributed by atoms with E-state index in [1.54, 1.807) is 0 Å². The van der Waals surface area contributed by atoms with Crippen molar-refractivity contribution < 1.29 is 4.79 Å². The first kappa shape index (κ1) is 19.4. The minimum absolute atomic E-state index is 0.119. The fraction of sp³-hybridized carbons (Fsp3) is 0.435. The Bertz CT molecular complexity index is 704. The van der Waals surface area contributed by atoms with E-state index in [1.807, 2.05) is 14.1 Å². The lowest BCUT2D eigenvalue weighted by molar-refractivity contribution is -0.122. The summed E-state index contributed by atoms with van der Waals surface area (Å²) < 4.78 is 0. The van der Waals surface area contributed by atoms with E-state index in [0.29, 0.717) is 13.1 Å². The minimum atomic E-state index is 0.119. The van der Waals surface area contributed by atoms with Gasteiger partial charge >= 0.3 is 0 Å². The highest BCUT2D eigenvalue weighted by molar-refractivity contribution is 5.78. The predicted molar refractivity (Wildman–Crippen MR) is 112 cm³/mol. The van der Waals surface area contributed by atoms with Crippen molar-refractivity contribution in [2.24, 2.45) is 5.92 Å². The lowest BCUT2D eigenvalue weighted by atomic mass is 9.90. The monoisotopic (exact) mass is 365 g/mol. The van der Waals surface area contributed by atoms with E-state index in [-0.39, 0.29) is 5.91 Å². The standard InChI is InChI=1S/C23H31N3O/c1-25(2)22-10-8-21(9-11-22)17-24-23(27)18-26-14-12-20(13-15-26)16-19-6-4-3-5-7-19/h3-11,20H,12-18H2,1-2H3,(H,24,27). The van der Waals surface area contributed by atoms with Crippen LogP contribution >= 0.6 is 0 Å². The first-order chi connectivity index (χ1) is 13.1. The molecule has 1 aliphatic heterocycles. The zero-order valence-electron chi connectivity index (χ0n) is 16.5. The summed E-state index contributed by atoms with van der Waals surface area (Å²) in [4.78, 5) is 16.6. The second kappa shape index (κ2) is 9.56. The Balaban J connectivity index is 1.36. The van der Waals surface area contributed by atoms with Gasteiger partial charge in [-0.15, -0.1) is 0 Å². The highest BCUT2D eigenvalue weighted by Crippen LogP contribution is 2.21. The molecule has 0 unspecified atom stereocenters. The van der Waals surface area contributed by atoms with Gasteiger partial charge in [-0.1, -0.05) is 42.5 Å². The Hall–Kier alpha value is -2.33. The first-order valence-electron chi connectivity index (χ1n) is 9.89. The van der Waals surface area contributed by atoms with Crippen LogP contribution in [0.25, 0.3) is 0 Å². The molecule has 4 heteroatoms. The third kappa shape index (κ3) is 6.10. The predicted octanol–water partition coefficient (Wildman–Crippen LogP) is 3.32. The van der Waals surface area contributed by atoms with Crippen molar-refractivity contribution in [3.63, 3.8) is 0 Å². The summed E-state index contributed by atoms with van der Waals surface area (Å²) in [6.45, 7) is 3.13. The maximum absolute atomic E-state index is 12.3. The minimum Gasteiger partial charge on any atom is -0.378 e. The number of hydrogen-bond donors (Lipinski definition) is 1. The molecule has 3 rings (SSSR count). The van der Waals surface area contributed by atoms with Crippen molar-refractivity contribution in [1.82, 2.24) is 10.2 Å². The second-order valence-corrected chi connectivity index (χ2v) is 7.75. The van der Waals surface area contributed by atoms with Crippen LogP contribution in [0.2, 0.25) is 0 Å². The molecule has 1 N–H and O–H groups in total. The fourth-order valence-corrected chi connectivity index (χ4v) is 3.67. The van der Waals surface area contributed by atoms with E-state index in [4.69, 9.17) is 0 Å². The SMILES string of the molecule is CN(C)c1ccc(CNC(=O)CN2CCC(Cc3ccccc3)CC2)cc1. The van der Waals surface area contributed by atoms with Crippen molar-refractivity contribution in [2.45, 2.75) is 25.8 Å². The molecular weight excluding hydrogens is 334 g/mol. The van der Waals surface area contributed by atoms with Gasteiger partial charge in [0.15, 0.2) is 0 Å². The zero-order valence-corrected chi connectivity index (χ0v) is 16.5. The smallest absolute Gasteiger partial charge is 0.234 e. The summed E-state index contributed by atoms with van der Waals surface area (Å²) in [5.74, 6) is 0.857. The van der Waals surface area contributed by atoms with Gasteiger partial charge in [-0.25, -0.2) is 0 Å². The summed E-state index contributed by atoms with van der Waals surface area (Å²) in [6, 6.07) is 19.0. The van der Waals surface area contributed by atoms with Gasteiger partial charge in [-0.2, -0.15) is 0 Å². The molecule has 27 heavy (non-hydrogen) atoms. The number of anilines is 1. The summed E-state index contributed by atoms with van der Waals surface area (Å²) in [7, 11) is 4.06. The molecule has 0 aliphatic carbocycles. The topological polar surface area (TPSA) is 35.6 Å². The quantitative estimate of drug-likeness (QED) is 0.818. The Kier molecular flexibility index (Phi) is 6.88. The van der Waals surface area contributed by atoms with Gasteiger partial charge < -0.3 is 10.2 Å². The first-order valence-corrected chi connectivity index (χ1v) is 9.89. The number of benzene rings is 2. The summed E-state index contributed by atoms with van der Waals surface area (Å²) in [6.07, 6.45) is 3.51. The van der Waals surface area contributed by atoms with Crippen molar-refractivity contribution in [1.29, 1.82) is 0 Å². The van der Waals surface area contributed by atoms with E-state index in [0.717, 1.165) is 31.0 Å². The Labute approximate surface area is 163 Å². The third-order valence-electron chi connectivity index (χ3n) is 5.38. The number of carbonyl (C=O) groups excluding carboxylic acids is 1. The van der Waals surface area contributed by atoms with Crippen LogP contribution in [-0.4, -0.2) is 44.5 Å². The number of nitrogens with zero attached hydrogens (tertiary/aromatic N) is 2. The molecule has 1 heterocycles. The highest BCUT2D eigenvalue weighted by Gasteiger charge is 2.20. The van der Waals surface area contributed by atoms with Crippen molar-refractivity contribution in [2.75, 3.05) is 38.6 Å². The molecule has 1 saturated heterocycles. The van der Waals surface area contributed by atoms with Gasteiger partial charge in [0, 0.05) is 26.3 Å². The second-order valence-electron chi connectivity index (χ2n) is 7.75. The Morgan fingerprint density at radius 2 is 1.67 bits per heavy atom. The average Bonchev–Trinajstić information content (AvgIpc) is 2.69. The molecule has 2 aromatic carbocycles. The summed E-state index contributed by atoms with van der Waals surface area (Å²) in [5, 5.41) is 3.05. The number of likely N-dealkylation sites (tertiary alicyclic amines) is 1. The summed E-state index contributed by atoms with van der Waals surface area (Å²) >= 11 is 0. The molecule has 1 aliphatic rings. The molecule has 0 saturated carbocycles.